The van der Waals surface area contributed by atoms with Crippen molar-refractivity contribution in [1.82, 2.24) is 19.5 Å². The highest BCUT2D eigenvalue weighted by molar-refractivity contribution is 7.46. The Kier molecular flexibility index (Phi) is 4.06. The zero-order valence-corrected chi connectivity index (χ0v) is 15.1. The molecule has 0 aromatic carbocycles. The summed E-state index contributed by atoms with van der Waals surface area (Å²) in [7, 11) is -4.93. The molecule has 2 aromatic heterocycles. The maximum atomic E-state index is 15.5. The summed E-state index contributed by atoms with van der Waals surface area (Å²) in [5.41, 5.74) is 6.33. The van der Waals surface area contributed by atoms with Crippen molar-refractivity contribution in [2.24, 2.45) is 0 Å². The van der Waals surface area contributed by atoms with Crippen LogP contribution in [0.25, 0.3) is 11.2 Å². The molecule has 2 saturated heterocycles. The number of phosphoric ester groups is 1. The Hall–Kier alpha value is -1.73. The van der Waals surface area contributed by atoms with E-state index in [1.807, 2.05) is 0 Å². The van der Waals surface area contributed by atoms with Crippen LogP contribution in [0.15, 0.2) is 12.7 Å². The van der Waals surface area contributed by atoms with Crippen molar-refractivity contribution in [1.29, 1.82) is 0 Å². The molecule has 12 nitrogen and oxygen atoms in total. The molecular formula is C13H17FN5O7P. The Morgan fingerprint density at radius 1 is 1.33 bits per heavy atom. The predicted molar refractivity (Wildman–Crippen MR) is 85.5 cm³/mol. The van der Waals surface area contributed by atoms with Gasteiger partial charge in [-0.15, -0.1) is 0 Å². The number of anilines is 1. The minimum Gasteiger partial charge on any atom is -0.382 e. The molecule has 2 aliphatic heterocycles. The monoisotopic (exact) mass is 405 g/mol. The molecule has 0 bridgehead atoms. The third-order valence-corrected chi connectivity index (χ3v) is 4.71. The highest BCUT2D eigenvalue weighted by atomic mass is 31.2. The number of hydrogen-bond donors (Lipinski definition) is 3. The average Bonchev–Trinajstić information content (AvgIpc) is 3.18. The van der Waals surface area contributed by atoms with Crippen LogP contribution >= 0.6 is 7.82 Å². The fourth-order valence-corrected chi connectivity index (χ4v) is 3.57. The van der Waals surface area contributed by atoms with Gasteiger partial charge in [0.05, 0.1) is 6.33 Å². The topological polar surface area (TPSA) is 164 Å². The second-order valence-electron chi connectivity index (χ2n) is 6.66. The number of hydrogen-bond acceptors (Lipinski definition) is 9. The van der Waals surface area contributed by atoms with E-state index >= 15 is 4.39 Å². The summed E-state index contributed by atoms with van der Waals surface area (Å²) >= 11 is 0. The van der Waals surface area contributed by atoms with E-state index in [0.29, 0.717) is 5.52 Å². The van der Waals surface area contributed by atoms with Gasteiger partial charge in [0.15, 0.2) is 29.6 Å². The Morgan fingerprint density at radius 3 is 2.78 bits per heavy atom. The van der Waals surface area contributed by atoms with Crippen molar-refractivity contribution < 1.29 is 37.5 Å². The van der Waals surface area contributed by atoms with Crippen LogP contribution in [0.4, 0.5) is 10.2 Å². The molecule has 148 valence electrons. The summed E-state index contributed by atoms with van der Waals surface area (Å²) in [6, 6.07) is 0. The van der Waals surface area contributed by atoms with E-state index in [9.17, 15) is 4.57 Å². The zero-order chi connectivity index (χ0) is 19.6. The van der Waals surface area contributed by atoms with Crippen LogP contribution in [0, 0.1) is 0 Å². The van der Waals surface area contributed by atoms with Crippen LogP contribution in [0.1, 0.15) is 20.1 Å². The summed E-state index contributed by atoms with van der Waals surface area (Å²) in [6.45, 7) is 2.11. The Morgan fingerprint density at radius 2 is 2.07 bits per heavy atom. The van der Waals surface area contributed by atoms with Crippen LogP contribution in [-0.2, 0) is 23.3 Å². The first kappa shape index (κ1) is 18.6. The quantitative estimate of drug-likeness (QED) is 0.597. The third kappa shape index (κ3) is 3.21. The summed E-state index contributed by atoms with van der Waals surface area (Å²) in [4.78, 5) is 29.8. The van der Waals surface area contributed by atoms with E-state index < -0.39 is 44.5 Å². The molecule has 0 amide bonds. The van der Waals surface area contributed by atoms with E-state index in [1.165, 1.54) is 17.2 Å². The minimum atomic E-state index is -4.93. The second-order valence-corrected chi connectivity index (χ2v) is 7.90. The van der Waals surface area contributed by atoms with E-state index in [0.717, 1.165) is 0 Å². The number of alkyl halides is 1. The molecule has 4 heterocycles. The van der Waals surface area contributed by atoms with Crippen molar-refractivity contribution in [2.75, 3.05) is 12.3 Å². The number of rotatable bonds is 4. The molecule has 0 radical (unpaired) electrons. The van der Waals surface area contributed by atoms with Crippen LogP contribution in [-0.4, -0.2) is 59.8 Å². The lowest BCUT2D eigenvalue weighted by molar-refractivity contribution is -0.263. The Balaban J connectivity index is 1.73. The highest BCUT2D eigenvalue weighted by Crippen LogP contribution is 2.51. The van der Waals surface area contributed by atoms with Crippen LogP contribution in [0.3, 0.4) is 0 Å². The van der Waals surface area contributed by atoms with E-state index in [2.05, 4.69) is 19.5 Å². The number of ether oxygens (including phenoxy) is 3. The Bertz CT molecular complexity index is 935. The molecule has 4 N–H and O–H groups in total. The number of nitrogen functional groups attached to an aromatic ring is 1. The third-order valence-electron chi connectivity index (χ3n) is 4.24. The van der Waals surface area contributed by atoms with Crippen molar-refractivity contribution in [3.05, 3.63) is 12.7 Å². The fraction of sp³-hybridized carbons (Fsp3) is 0.615. The van der Waals surface area contributed by atoms with Crippen molar-refractivity contribution in [3.63, 3.8) is 0 Å². The van der Waals surface area contributed by atoms with Crippen molar-refractivity contribution in [3.8, 4) is 0 Å². The summed E-state index contributed by atoms with van der Waals surface area (Å²) in [6.07, 6.45) is -0.805. The first-order valence-corrected chi connectivity index (χ1v) is 9.38. The molecule has 1 unspecified atom stereocenters. The maximum Gasteiger partial charge on any atom is 0.469 e. The standard InChI is InChI=1S/C13H17FN5O7P/c1-12(2)24-7-8(25-12)13(14,3-23-27(20,21)22)26-11(7)19-5-18-6-9(15)16-4-17-10(6)19/h4-5,7-8,11H,3H2,1-2H3,(H2,15,16,17)(H2,20,21,22)/t7?,8-,11-,13-/m1/s1. The van der Waals surface area contributed by atoms with Gasteiger partial charge in [-0.05, 0) is 13.8 Å². The van der Waals surface area contributed by atoms with Gasteiger partial charge in [0.1, 0.15) is 24.6 Å². The largest absolute Gasteiger partial charge is 0.469 e. The second kappa shape index (κ2) is 5.88. The summed E-state index contributed by atoms with van der Waals surface area (Å²) in [5.74, 6) is -3.70. The molecule has 4 rings (SSSR count). The number of imidazole rings is 1. The van der Waals surface area contributed by atoms with Gasteiger partial charge < -0.3 is 29.7 Å². The van der Waals surface area contributed by atoms with Gasteiger partial charge in [0.25, 0.3) is 5.85 Å². The summed E-state index contributed by atoms with van der Waals surface area (Å²) < 4.78 is 49.0. The molecule has 2 fully saturated rings. The van der Waals surface area contributed by atoms with Gasteiger partial charge in [-0.1, -0.05) is 0 Å². The van der Waals surface area contributed by atoms with Gasteiger partial charge in [-0.3, -0.25) is 9.09 Å². The molecular weight excluding hydrogens is 388 g/mol. The number of nitrogens with two attached hydrogens (primary N) is 1. The van der Waals surface area contributed by atoms with Gasteiger partial charge in [-0.2, -0.15) is 0 Å². The average molecular weight is 405 g/mol. The van der Waals surface area contributed by atoms with Gasteiger partial charge >= 0.3 is 7.82 Å². The first-order valence-electron chi connectivity index (χ1n) is 7.85. The van der Waals surface area contributed by atoms with E-state index in [1.54, 1.807) is 13.8 Å². The molecule has 0 spiro atoms. The first-order chi connectivity index (χ1) is 12.5. The van der Waals surface area contributed by atoms with Crippen molar-refractivity contribution in [2.45, 2.75) is 43.9 Å². The van der Waals surface area contributed by atoms with E-state index in [4.69, 9.17) is 29.7 Å². The maximum absolute atomic E-state index is 15.5. The van der Waals surface area contributed by atoms with Crippen LogP contribution < -0.4 is 5.73 Å². The molecule has 2 aliphatic rings. The fourth-order valence-electron chi connectivity index (χ4n) is 3.23. The lowest BCUT2D eigenvalue weighted by atomic mass is 10.1. The molecule has 4 atom stereocenters. The number of fused-ring (bicyclic) bond motifs is 2. The molecule has 27 heavy (non-hydrogen) atoms. The van der Waals surface area contributed by atoms with Gasteiger partial charge in [0.2, 0.25) is 0 Å². The van der Waals surface area contributed by atoms with Gasteiger partial charge in [0, 0.05) is 0 Å². The van der Waals surface area contributed by atoms with Crippen LogP contribution in [0.2, 0.25) is 0 Å². The summed E-state index contributed by atoms with van der Waals surface area (Å²) in [5, 5.41) is 0. The molecule has 14 heteroatoms. The normalized spacial score (nSPS) is 32.9. The minimum absolute atomic E-state index is 0.133. The van der Waals surface area contributed by atoms with Crippen LogP contribution in [0.5, 0.6) is 0 Å². The SMILES string of the molecule is CC1(C)OC2[C@H](n3cnc4c(N)ncnc43)O[C@](F)(COP(=O)(O)O)[C@@H]2O1. The molecule has 0 saturated carbocycles. The highest BCUT2D eigenvalue weighted by Gasteiger charge is 2.65. The molecule has 2 aromatic rings. The lowest BCUT2D eigenvalue weighted by Gasteiger charge is -2.28. The number of nitrogens with zero attached hydrogens (tertiary/aromatic N) is 4. The smallest absolute Gasteiger partial charge is 0.382 e. The van der Waals surface area contributed by atoms with E-state index in [-0.39, 0.29) is 11.5 Å². The lowest BCUT2D eigenvalue weighted by Crippen LogP contribution is -2.43. The number of phosphoric acid groups is 1. The van der Waals surface area contributed by atoms with Crippen molar-refractivity contribution >= 4 is 24.8 Å². The molecule has 0 aliphatic carbocycles. The number of aromatic nitrogens is 4. The van der Waals surface area contributed by atoms with Gasteiger partial charge in [-0.25, -0.2) is 23.9 Å². The Labute approximate surface area is 151 Å². The predicted octanol–water partition coefficient (Wildman–Crippen LogP) is 0.232. The zero-order valence-electron chi connectivity index (χ0n) is 14.2. The number of halogens is 1.